The molecule has 29 heavy (non-hydrogen) atoms. The van der Waals surface area contributed by atoms with Crippen molar-refractivity contribution in [2.45, 2.75) is 31.0 Å². The van der Waals surface area contributed by atoms with Crippen LogP contribution in [0, 0.1) is 0 Å². The summed E-state index contributed by atoms with van der Waals surface area (Å²) in [6.07, 6.45) is -3.11. The minimum absolute atomic E-state index is 0.00875. The number of halogens is 3. The molecule has 2 aromatic heterocycles. The highest BCUT2D eigenvalue weighted by Crippen LogP contribution is 2.39. The van der Waals surface area contributed by atoms with Gasteiger partial charge in [-0.15, -0.1) is 0 Å². The summed E-state index contributed by atoms with van der Waals surface area (Å²) in [5, 5.41) is 10.2. The molecular weight excluding hydrogens is 387 g/mol. The zero-order valence-electron chi connectivity index (χ0n) is 15.0. The number of aromatic nitrogens is 2. The van der Waals surface area contributed by atoms with Crippen molar-refractivity contribution < 1.29 is 27.8 Å². The van der Waals surface area contributed by atoms with Crippen molar-refractivity contribution in [3.05, 3.63) is 59.4 Å². The van der Waals surface area contributed by atoms with E-state index in [1.807, 2.05) is 0 Å². The van der Waals surface area contributed by atoms with Crippen molar-refractivity contribution in [1.29, 1.82) is 0 Å². The molecule has 3 N–H and O–H groups in total. The van der Waals surface area contributed by atoms with Crippen molar-refractivity contribution in [2.75, 3.05) is 0 Å². The number of amides is 1. The lowest BCUT2D eigenvalue weighted by Gasteiger charge is -2.32. The molecule has 0 aliphatic heterocycles. The highest BCUT2D eigenvalue weighted by atomic mass is 19.4. The highest BCUT2D eigenvalue weighted by molar-refractivity contribution is 5.96. The number of aliphatic hydroxyl groups excluding tert-OH is 1. The fourth-order valence-electron chi connectivity index (χ4n) is 3.31. The average Bonchev–Trinajstić information content (AvgIpc) is 2.64. The summed E-state index contributed by atoms with van der Waals surface area (Å²) in [6.45, 7) is 0. The van der Waals surface area contributed by atoms with Crippen LogP contribution in [0.15, 0.2) is 42.6 Å². The summed E-state index contributed by atoms with van der Waals surface area (Å²) in [5.41, 5.74) is 5.96. The Bertz CT molecular complexity index is 1080. The average molecular weight is 403 g/mol. The number of nitrogens with two attached hydrogens (primary N) is 1. The third-order valence-corrected chi connectivity index (χ3v) is 4.89. The number of fused-ring (bicyclic) bond motifs is 1. The maximum absolute atomic E-state index is 12.6. The first-order valence-corrected chi connectivity index (χ1v) is 8.84. The van der Waals surface area contributed by atoms with E-state index in [1.165, 1.54) is 0 Å². The Morgan fingerprint density at radius 1 is 1.17 bits per heavy atom. The number of primary amides is 1. The van der Waals surface area contributed by atoms with Crippen molar-refractivity contribution in [2.24, 2.45) is 5.73 Å². The van der Waals surface area contributed by atoms with Gasteiger partial charge in [-0.25, -0.2) is 9.97 Å². The molecule has 0 bridgehead atoms. The lowest BCUT2D eigenvalue weighted by Crippen LogP contribution is -2.29. The Labute approximate surface area is 163 Å². The van der Waals surface area contributed by atoms with Crippen molar-refractivity contribution in [3.63, 3.8) is 0 Å². The first-order chi connectivity index (χ1) is 13.7. The van der Waals surface area contributed by atoms with Gasteiger partial charge in [0.15, 0.2) is 0 Å². The van der Waals surface area contributed by atoms with Gasteiger partial charge in [0.05, 0.1) is 17.2 Å². The lowest BCUT2D eigenvalue weighted by atomic mass is 9.76. The third kappa shape index (κ3) is 3.86. The number of alkyl halides is 3. The van der Waals surface area contributed by atoms with Gasteiger partial charge in [-0.05, 0) is 54.7 Å². The molecule has 6 nitrogen and oxygen atoms in total. The number of hydrogen-bond donors (Lipinski definition) is 2. The van der Waals surface area contributed by atoms with Crippen LogP contribution in [0.25, 0.3) is 10.9 Å². The van der Waals surface area contributed by atoms with Crippen molar-refractivity contribution in [3.8, 4) is 11.6 Å². The molecule has 0 unspecified atom stereocenters. The SMILES string of the molecule is NC(=O)c1nc2ccc(Oc3ccc(C(F)(F)F)cn3)cc2cc1C1CC(O)C1. The van der Waals surface area contributed by atoms with Crippen LogP contribution in [-0.2, 0) is 6.18 Å². The van der Waals surface area contributed by atoms with Gasteiger partial charge in [-0.3, -0.25) is 4.79 Å². The lowest BCUT2D eigenvalue weighted by molar-refractivity contribution is -0.137. The molecule has 3 aromatic rings. The Morgan fingerprint density at radius 3 is 2.52 bits per heavy atom. The quantitative estimate of drug-likeness (QED) is 0.691. The second-order valence-electron chi connectivity index (χ2n) is 6.95. The summed E-state index contributed by atoms with van der Waals surface area (Å²) >= 11 is 0. The van der Waals surface area contributed by atoms with Crippen molar-refractivity contribution in [1.82, 2.24) is 9.97 Å². The summed E-state index contributed by atoms with van der Waals surface area (Å²) in [7, 11) is 0. The first-order valence-electron chi connectivity index (χ1n) is 8.84. The van der Waals surface area contributed by atoms with Gasteiger partial charge in [-0.2, -0.15) is 13.2 Å². The fourth-order valence-corrected chi connectivity index (χ4v) is 3.31. The van der Waals surface area contributed by atoms with Crippen LogP contribution in [0.1, 0.15) is 40.4 Å². The molecule has 9 heteroatoms. The van der Waals surface area contributed by atoms with Gasteiger partial charge < -0.3 is 15.6 Å². The maximum atomic E-state index is 12.6. The molecule has 0 spiro atoms. The normalized spacial score (nSPS) is 19.0. The van der Waals surface area contributed by atoms with Crippen LogP contribution in [0.2, 0.25) is 0 Å². The Morgan fingerprint density at radius 2 is 1.93 bits per heavy atom. The Hall–Kier alpha value is -3.20. The fraction of sp³-hybridized carbons (Fsp3) is 0.250. The first kappa shape index (κ1) is 19.1. The van der Waals surface area contributed by atoms with E-state index in [9.17, 15) is 23.1 Å². The standard InChI is InChI=1S/C20H16F3N3O3/c21-20(22,23)12-1-4-17(25-9-12)29-14-2-3-16-11(7-14)8-15(10-5-13(27)6-10)18(26-16)19(24)28/h1-4,7-10,13,27H,5-6H2,(H2,24,28). The molecule has 1 fully saturated rings. The maximum Gasteiger partial charge on any atom is 0.417 e. The predicted molar refractivity (Wildman–Crippen MR) is 97.6 cm³/mol. The van der Waals surface area contributed by atoms with E-state index in [2.05, 4.69) is 9.97 Å². The van der Waals surface area contributed by atoms with Gasteiger partial charge in [0, 0.05) is 17.6 Å². The van der Waals surface area contributed by atoms with Crippen molar-refractivity contribution >= 4 is 16.8 Å². The molecule has 1 aromatic carbocycles. The number of nitrogens with zero attached hydrogens (tertiary/aromatic N) is 2. The summed E-state index contributed by atoms with van der Waals surface area (Å²) in [5.74, 6) is -0.275. The second-order valence-corrected chi connectivity index (χ2v) is 6.95. The van der Waals surface area contributed by atoms with Crippen LogP contribution in [-0.4, -0.2) is 27.1 Å². The van der Waals surface area contributed by atoms with E-state index >= 15 is 0 Å². The second kappa shape index (κ2) is 7.00. The zero-order chi connectivity index (χ0) is 20.8. The molecular formula is C20H16F3N3O3. The molecule has 150 valence electrons. The number of pyridine rings is 2. The molecule has 1 saturated carbocycles. The largest absolute Gasteiger partial charge is 0.439 e. The topological polar surface area (TPSA) is 98.3 Å². The van der Waals surface area contributed by atoms with E-state index in [0.717, 1.165) is 12.1 Å². The van der Waals surface area contributed by atoms with E-state index in [0.29, 0.717) is 41.3 Å². The third-order valence-electron chi connectivity index (χ3n) is 4.89. The van der Waals surface area contributed by atoms with Crippen LogP contribution in [0.4, 0.5) is 13.2 Å². The number of rotatable bonds is 4. The number of carbonyl (C=O) groups is 1. The molecule has 4 rings (SSSR count). The van der Waals surface area contributed by atoms with Gasteiger partial charge >= 0.3 is 6.18 Å². The summed E-state index contributed by atoms with van der Waals surface area (Å²) in [4.78, 5) is 19.8. The number of aliphatic hydroxyl groups is 1. The van der Waals surface area contributed by atoms with Gasteiger partial charge in [0.25, 0.3) is 5.91 Å². The Kier molecular flexibility index (Phi) is 4.62. The molecule has 0 atom stereocenters. The van der Waals surface area contributed by atoms with Crippen LogP contribution in [0.3, 0.4) is 0 Å². The minimum atomic E-state index is -4.47. The van der Waals surface area contributed by atoms with E-state index in [4.69, 9.17) is 10.5 Å². The molecule has 1 aliphatic carbocycles. The number of benzene rings is 1. The van der Waals surface area contributed by atoms with Crippen LogP contribution < -0.4 is 10.5 Å². The number of ether oxygens (including phenoxy) is 1. The van der Waals surface area contributed by atoms with Gasteiger partial charge in [0.2, 0.25) is 5.88 Å². The van der Waals surface area contributed by atoms with E-state index < -0.39 is 23.8 Å². The molecule has 1 amide bonds. The number of hydrogen-bond acceptors (Lipinski definition) is 5. The molecule has 0 radical (unpaired) electrons. The summed E-state index contributed by atoms with van der Waals surface area (Å²) < 4.78 is 43.5. The number of carbonyl (C=O) groups excluding carboxylic acids is 1. The zero-order valence-corrected chi connectivity index (χ0v) is 15.0. The Balaban J connectivity index is 1.65. The van der Waals surface area contributed by atoms with Gasteiger partial charge in [-0.1, -0.05) is 0 Å². The molecule has 1 aliphatic rings. The monoisotopic (exact) mass is 403 g/mol. The van der Waals surface area contributed by atoms with Gasteiger partial charge in [0.1, 0.15) is 11.4 Å². The van der Waals surface area contributed by atoms with Crippen LogP contribution in [0.5, 0.6) is 11.6 Å². The van der Waals surface area contributed by atoms with Crippen LogP contribution >= 0.6 is 0 Å². The molecule has 0 saturated heterocycles. The van der Waals surface area contributed by atoms with E-state index in [-0.39, 0.29) is 17.5 Å². The van der Waals surface area contributed by atoms with E-state index in [1.54, 1.807) is 24.3 Å². The predicted octanol–water partition coefficient (Wildman–Crippen LogP) is 3.78. The molecule has 2 heterocycles. The summed E-state index contributed by atoms with van der Waals surface area (Å²) in [6, 6.07) is 8.68. The smallest absolute Gasteiger partial charge is 0.417 e. The minimum Gasteiger partial charge on any atom is -0.439 e. The highest BCUT2D eigenvalue weighted by Gasteiger charge is 2.32.